The zero-order chi connectivity index (χ0) is 10.7. The lowest BCUT2D eigenvalue weighted by molar-refractivity contribution is 0.0950. The topological polar surface area (TPSA) is 64.3 Å². The molecule has 0 unspecified atom stereocenters. The highest BCUT2D eigenvalue weighted by Crippen LogP contribution is 2.34. The molecule has 0 atom stereocenters. The van der Waals surface area contributed by atoms with Gasteiger partial charge in [-0.05, 0) is 12.1 Å². The summed E-state index contributed by atoms with van der Waals surface area (Å²) in [4.78, 5) is 11.2. The van der Waals surface area contributed by atoms with Gasteiger partial charge in [0.2, 0.25) is 0 Å². The average molecular weight is 235 g/mol. The lowest BCUT2D eigenvalue weighted by Crippen LogP contribution is -2.30. The van der Waals surface area contributed by atoms with Crippen LogP contribution in [-0.2, 0) is 0 Å². The van der Waals surface area contributed by atoms with Crippen LogP contribution in [0.4, 0.5) is 0 Å². The first-order valence-corrected chi connectivity index (χ1v) is 4.40. The number of amides is 1. The van der Waals surface area contributed by atoms with Gasteiger partial charge in [0, 0.05) is 0 Å². The maximum atomic E-state index is 11.2. The monoisotopic (exact) mass is 234 g/mol. The number of hydrogen-bond donors (Lipinski definition) is 2. The van der Waals surface area contributed by atoms with Crippen molar-refractivity contribution in [3.63, 3.8) is 0 Å². The summed E-state index contributed by atoms with van der Waals surface area (Å²) in [7, 11) is 1.39. The van der Waals surface area contributed by atoms with E-state index in [4.69, 9.17) is 33.8 Å². The molecule has 0 aliphatic rings. The summed E-state index contributed by atoms with van der Waals surface area (Å²) in [5.74, 6) is 4.71. The standard InChI is InChI=1S/C8H8Cl2N2O2/c1-14-7-4(8(13)12-11)2-3-5(9)6(7)10/h2-3H,11H2,1H3,(H,12,13). The Labute approximate surface area is 90.9 Å². The predicted octanol–water partition coefficient (Wildman–Crippen LogP) is 1.61. The van der Waals surface area contributed by atoms with E-state index in [9.17, 15) is 4.79 Å². The molecular weight excluding hydrogens is 227 g/mol. The van der Waals surface area contributed by atoms with Crippen LogP contribution in [0.2, 0.25) is 10.0 Å². The van der Waals surface area contributed by atoms with Gasteiger partial charge < -0.3 is 4.74 Å². The molecule has 0 saturated carbocycles. The van der Waals surface area contributed by atoms with Gasteiger partial charge in [-0.3, -0.25) is 10.2 Å². The number of carbonyl (C=O) groups excluding carboxylic acids is 1. The van der Waals surface area contributed by atoms with E-state index in [1.165, 1.54) is 19.2 Å². The first-order chi connectivity index (χ1) is 6.61. The van der Waals surface area contributed by atoms with E-state index in [0.29, 0.717) is 5.02 Å². The maximum Gasteiger partial charge on any atom is 0.268 e. The van der Waals surface area contributed by atoms with Gasteiger partial charge in [-0.15, -0.1) is 0 Å². The van der Waals surface area contributed by atoms with Crippen LogP contribution in [0.3, 0.4) is 0 Å². The van der Waals surface area contributed by atoms with Crippen LogP contribution in [-0.4, -0.2) is 13.0 Å². The minimum atomic E-state index is -0.486. The molecule has 1 aromatic rings. The Morgan fingerprint density at radius 2 is 2.14 bits per heavy atom. The Morgan fingerprint density at radius 3 is 2.64 bits per heavy atom. The molecule has 14 heavy (non-hydrogen) atoms. The fourth-order valence-electron chi connectivity index (χ4n) is 0.988. The number of benzene rings is 1. The summed E-state index contributed by atoms with van der Waals surface area (Å²) in [6.07, 6.45) is 0. The Hall–Kier alpha value is -0.970. The summed E-state index contributed by atoms with van der Waals surface area (Å²) in [6, 6.07) is 2.98. The molecule has 3 N–H and O–H groups in total. The van der Waals surface area contributed by atoms with E-state index in [-0.39, 0.29) is 16.3 Å². The molecular formula is C8H8Cl2N2O2. The number of hydrazine groups is 1. The fourth-order valence-corrected chi connectivity index (χ4v) is 1.38. The number of methoxy groups -OCH3 is 1. The molecule has 1 aromatic carbocycles. The number of nitrogens with two attached hydrogens (primary N) is 1. The van der Waals surface area contributed by atoms with Gasteiger partial charge in [-0.25, -0.2) is 5.84 Å². The molecule has 0 aliphatic carbocycles. The number of hydrogen-bond acceptors (Lipinski definition) is 3. The highest BCUT2D eigenvalue weighted by atomic mass is 35.5. The molecule has 0 bridgehead atoms. The van der Waals surface area contributed by atoms with Gasteiger partial charge in [-0.2, -0.15) is 0 Å². The molecule has 0 saturated heterocycles. The molecule has 4 nitrogen and oxygen atoms in total. The van der Waals surface area contributed by atoms with Crippen LogP contribution in [0.5, 0.6) is 5.75 Å². The van der Waals surface area contributed by atoms with Crippen LogP contribution < -0.4 is 16.0 Å². The number of rotatable bonds is 2. The van der Waals surface area contributed by atoms with Gasteiger partial charge in [0.05, 0.1) is 17.7 Å². The Balaban J connectivity index is 3.31. The molecule has 0 fully saturated rings. The van der Waals surface area contributed by atoms with Crippen molar-refractivity contribution in [3.8, 4) is 5.75 Å². The van der Waals surface area contributed by atoms with Crippen molar-refractivity contribution in [2.75, 3.05) is 7.11 Å². The second-order valence-corrected chi connectivity index (χ2v) is 3.20. The summed E-state index contributed by atoms with van der Waals surface area (Å²) in [5.41, 5.74) is 2.22. The van der Waals surface area contributed by atoms with E-state index in [2.05, 4.69) is 0 Å². The third kappa shape index (κ3) is 1.92. The molecule has 76 valence electrons. The Bertz CT molecular complexity index is 369. The molecule has 0 aromatic heterocycles. The highest BCUT2D eigenvalue weighted by Gasteiger charge is 2.16. The normalized spacial score (nSPS) is 9.71. The third-order valence-electron chi connectivity index (χ3n) is 1.63. The lowest BCUT2D eigenvalue weighted by atomic mass is 10.2. The molecule has 0 radical (unpaired) electrons. The van der Waals surface area contributed by atoms with Crippen LogP contribution >= 0.6 is 23.2 Å². The van der Waals surface area contributed by atoms with Crippen LogP contribution in [0.1, 0.15) is 10.4 Å². The second-order valence-electron chi connectivity index (χ2n) is 2.42. The van der Waals surface area contributed by atoms with E-state index >= 15 is 0 Å². The van der Waals surface area contributed by atoms with Crippen molar-refractivity contribution in [1.29, 1.82) is 0 Å². The van der Waals surface area contributed by atoms with Gasteiger partial charge in [0.15, 0.2) is 5.75 Å². The van der Waals surface area contributed by atoms with Crippen molar-refractivity contribution >= 4 is 29.1 Å². The van der Waals surface area contributed by atoms with E-state index in [1.54, 1.807) is 0 Å². The van der Waals surface area contributed by atoms with E-state index < -0.39 is 5.91 Å². The Morgan fingerprint density at radius 1 is 1.50 bits per heavy atom. The van der Waals surface area contributed by atoms with Crippen molar-refractivity contribution in [2.24, 2.45) is 5.84 Å². The zero-order valence-electron chi connectivity index (χ0n) is 7.30. The van der Waals surface area contributed by atoms with Crippen LogP contribution in [0.15, 0.2) is 12.1 Å². The first-order valence-electron chi connectivity index (χ1n) is 3.64. The summed E-state index contributed by atoms with van der Waals surface area (Å²) in [6.45, 7) is 0. The SMILES string of the molecule is COc1c(C(=O)NN)ccc(Cl)c1Cl. The van der Waals surface area contributed by atoms with Gasteiger partial charge >= 0.3 is 0 Å². The minimum absolute atomic E-state index is 0.190. The van der Waals surface area contributed by atoms with Crippen molar-refractivity contribution in [3.05, 3.63) is 27.7 Å². The first kappa shape index (κ1) is 11.1. The summed E-state index contributed by atoms with van der Waals surface area (Å²) >= 11 is 11.6. The average Bonchev–Trinajstić information content (AvgIpc) is 2.20. The summed E-state index contributed by atoms with van der Waals surface area (Å²) in [5, 5.41) is 0.507. The van der Waals surface area contributed by atoms with Gasteiger partial charge in [-0.1, -0.05) is 23.2 Å². The van der Waals surface area contributed by atoms with Crippen molar-refractivity contribution < 1.29 is 9.53 Å². The zero-order valence-corrected chi connectivity index (χ0v) is 8.82. The third-order valence-corrected chi connectivity index (χ3v) is 2.42. The Kier molecular flexibility index (Phi) is 3.57. The van der Waals surface area contributed by atoms with Crippen LogP contribution in [0, 0.1) is 0 Å². The quantitative estimate of drug-likeness (QED) is 0.465. The number of ether oxygens (including phenoxy) is 1. The van der Waals surface area contributed by atoms with E-state index in [0.717, 1.165) is 0 Å². The van der Waals surface area contributed by atoms with Crippen molar-refractivity contribution in [1.82, 2.24) is 5.43 Å². The second kappa shape index (κ2) is 4.50. The van der Waals surface area contributed by atoms with Gasteiger partial charge in [0.25, 0.3) is 5.91 Å². The largest absolute Gasteiger partial charge is 0.494 e. The molecule has 1 rings (SSSR count). The lowest BCUT2D eigenvalue weighted by Gasteiger charge is -2.09. The number of halogens is 2. The molecule has 0 heterocycles. The number of carbonyl (C=O) groups is 1. The molecule has 0 aliphatic heterocycles. The number of nitrogens with one attached hydrogen (secondary N) is 1. The van der Waals surface area contributed by atoms with E-state index in [1.807, 2.05) is 5.43 Å². The minimum Gasteiger partial charge on any atom is -0.494 e. The molecule has 1 amide bonds. The molecule has 0 spiro atoms. The van der Waals surface area contributed by atoms with Crippen molar-refractivity contribution in [2.45, 2.75) is 0 Å². The maximum absolute atomic E-state index is 11.2. The number of nitrogen functional groups attached to an aromatic ring is 1. The molecule has 6 heteroatoms. The smallest absolute Gasteiger partial charge is 0.268 e. The highest BCUT2D eigenvalue weighted by molar-refractivity contribution is 6.43. The predicted molar refractivity (Wildman–Crippen MR) is 54.7 cm³/mol. The van der Waals surface area contributed by atoms with Crippen LogP contribution in [0.25, 0.3) is 0 Å². The fraction of sp³-hybridized carbons (Fsp3) is 0.125. The summed E-state index contributed by atoms with van der Waals surface area (Å²) < 4.78 is 4.95. The van der Waals surface area contributed by atoms with Gasteiger partial charge in [0.1, 0.15) is 5.02 Å².